The minimum absolute atomic E-state index is 0.142. The molecule has 0 aromatic carbocycles. The molecule has 0 radical (unpaired) electrons. The summed E-state index contributed by atoms with van der Waals surface area (Å²) in [6.07, 6.45) is 3.76. The van der Waals surface area contributed by atoms with Gasteiger partial charge in [-0.2, -0.15) is 0 Å². The van der Waals surface area contributed by atoms with Gasteiger partial charge in [0.15, 0.2) is 0 Å². The van der Waals surface area contributed by atoms with Crippen molar-refractivity contribution in [1.29, 1.82) is 0 Å². The highest BCUT2D eigenvalue weighted by Crippen LogP contribution is 2.47. The van der Waals surface area contributed by atoms with E-state index in [0.717, 1.165) is 32.7 Å². The van der Waals surface area contributed by atoms with Gasteiger partial charge >= 0.3 is 0 Å². The van der Waals surface area contributed by atoms with Crippen molar-refractivity contribution in [2.45, 2.75) is 26.2 Å². The number of nitrogens with zero attached hydrogens (tertiary/aromatic N) is 1. The van der Waals surface area contributed by atoms with Gasteiger partial charge in [0.2, 0.25) is 0 Å². The fourth-order valence-electron chi connectivity index (χ4n) is 2.70. The molecule has 3 heteroatoms. The Kier molecular flexibility index (Phi) is 3.06. The van der Waals surface area contributed by atoms with Gasteiger partial charge in [-0.15, -0.1) is 0 Å². The minimum Gasteiger partial charge on any atom is -0.396 e. The zero-order chi connectivity index (χ0) is 10.9. The lowest BCUT2D eigenvalue weighted by Crippen LogP contribution is -2.33. The van der Waals surface area contributed by atoms with Gasteiger partial charge in [0.05, 0.1) is 6.61 Å². The Balaban J connectivity index is 1.82. The van der Waals surface area contributed by atoms with Crippen molar-refractivity contribution in [3.05, 3.63) is 0 Å². The first kappa shape index (κ1) is 11.4. The Bertz CT molecular complexity index is 228. The van der Waals surface area contributed by atoms with Crippen LogP contribution < -0.4 is 0 Å². The third-order valence-corrected chi connectivity index (χ3v) is 3.99. The molecule has 0 bridgehead atoms. The summed E-state index contributed by atoms with van der Waals surface area (Å²) >= 11 is 0. The van der Waals surface area contributed by atoms with E-state index in [9.17, 15) is 5.11 Å². The molecule has 1 aliphatic carbocycles. The van der Waals surface area contributed by atoms with Crippen molar-refractivity contribution in [3.63, 3.8) is 0 Å². The molecular formula is C12H23NO2. The molecule has 15 heavy (non-hydrogen) atoms. The molecule has 1 atom stereocenters. The molecule has 0 aromatic heterocycles. The highest BCUT2D eigenvalue weighted by atomic mass is 16.5. The molecule has 1 saturated heterocycles. The van der Waals surface area contributed by atoms with Crippen LogP contribution in [0.15, 0.2) is 0 Å². The molecule has 1 aliphatic heterocycles. The fraction of sp³-hybridized carbons (Fsp3) is 1.00. The Morgan fingerprint density at radius 2 is 2.07 bits per heavy atom. The number of aliphatic hydroxyl groups is 1. The van der Waals surface area contributed by atoms with Crippen molar-refractivity contribution in [2.24, 2.45) is 10.8 Å². The summed E-state index contributed by atoms with van der Waals surface area (Å²) in [7, 11) is 1.79. The average molecular weight is 213 g/mol. The second-order valence-corrected chi connectivity index (χ2v) is 5.86. The van der Waals surface area contributed by atoms with Crippen LogP contribution in [0.2, 0.25) is 0 Å². The largest absolute Gasteiger partial charge is 0.396 e. The van der Waals surface area contributed by atoms with Gasteiger partial charge in [0.25, 0.3) is 0 Å². The van der Waals surface area contributed by atoms with E-state index in [-0.39, 0.29) is 5.41 Å². The topological polar surface area (TPSA) is 32.7 Å². The van der Waals surface area contributed by atoms with Gasteiger partial charge in [-0.3, -0.25) is 0 Å². The summed E-state index contributed by atoms with van der Waals surface area (Å²) in [6.45, 7) is 6.76. The SMILES string of the molecule is COCC1(CN2CCC(C)(CO)C2)CC1. The maximum atomic E-state index is 9.31. The Hall–Kier alpha value is -0.120. The van der Waals surface area contributed by atoms with Crippen LogP contribution in [0, 0.1) is 10.8 Å². The van der Waals surface area contributed by atoms with E-state index in [1.165, 1.54) is 12.8 Å². The maximum Gasteiger partial charge on any atom is 0.0530 e. The number of likely N-dealkylation sites (tertiary alicyclic amines) is 1. The third kappa shape index (κ3) is 2.52. The second kappa shape index (κ2) is 4.04. The van der Waals surface area contributed by atoms with Gasteiger partial charge in [0.1, 0.15) is 0 Å². The predicted octanol–water partition coefficient (Wildman–Crippen LogP) is 1.12. The van der Waals surface area contributed by atoms with Gasteiger partial charge in [0, 0.05) is 37.6 Å². The van der Waals surface area contributed by atoms with E-state index in [4.69, 9.17) is 4.74 Å². The van der Waals surface area contributed by atoms with Gasteiger partial charge in [-0.1, -0.05) is 6.92 Å². The molecule has 2 rings (SSSR count). The average Bonchev–Trinajstić information content (AvgIpc) is 2.85. The van der Waals surface area contributed by atoms with Gasteiger partial charge in [-0.05, 0) is 25.8 Å². The van der Waals surface area contributed by atoms with E-state index >= 15 is 0 Å². The molecule has 1 N–H and O–H groups in total. The summed E-state index contributed by atoms with van der Waals surface area (Å²) in [4.78, 5) is 2.50. The predicted molar refractivity (Wildman–Crippen MR) is 59.8 cm³/mol. The van der Waals surface area contributed by atoms with E-state index in [0.29, 0.717) is 12.0 Å². The Labute approximate surface area is 92.4 Å². The summed E-state index contributed by atoms with van der Waals surface area (Å²) < 4.78 is 5.28. The second-order valence-electron chi connectivity index (χ2n) is 5.86. The smallest absolute Gasteiger partial charge is 0.0530 e. The minimum atomic E-state index is 0.142. The lowest BCUT2D eigenvalue weighted by Gasteiger charge is -2.25. The van der Waals surface area contributed by atoms with Crippen LogP contribution >= 0.6 is 0 Å². The normalized spacial score (nSPS) is 34.6. The first-order chi connectivity index (χ1) is 7.11. The number of methoxy groups -OCH3 is 1. The molecule has 0 aromatic rings. The van der Waals surface area contributed by atoms with E-state index < -0.39 is 0 Å². The molecule has 1 heterocycles. The molecule has 2 aliphatic rings. The van der Waals surface area contributed by atoms with E-state index in [1.807, 2.05) is 0 Å². The molecule has 1 unspecified atom stereocenters. The first-order valence-electron chi connectivity index (χ1n) is 5.94. The quantitative estimate of drug-likeness (QED) is 0.743. The highest BCUT2D eigenvalue weighted by molar-refractivity contribution is 4.98. The van der Waals surface area contributed by atoms with Crippen LogP contribution in [0.4, 0.5) is 0 Å². The summed E-state index contributed by atoms with van der Waals surface area (Å²) in [5.41, 5.74) is 0.596. The number of rotatable bonds is 5. The monoisotopic (exact) mass is 213 g/mol. The number of ether oxygens (including phenoxy) is 1. The van der Waals surface area contributed by atoms with Crippen molar-refractivity contribution >= 4 is 0 Å². The van der Waals surface area contributed by atoms with Crippen LogP contribution in [-0.2, 0) is 4.74 Å². The Morgan fingerprint density at radius 3 is 2.53 bits per heavy atom. The summed E-state index contributed by atoms with van der Waals surface area (Å²) in [6, 6.07) is 0. The van der Waals surface area contributed by atoms with Gasteiger partial charge < -0.3 is 14.7 Å². The molecule has 0 amide bonds. The fourth-order valence-corrected chi connectivity index (χ4v) is 2.70. The molecular weight excluding hydrogens is 190 g/mol. The number of hydrogen-bond acceptors (Lipinski definition) is 3. The van der Waals surface area contributed by atoms with Crippen molar-refractivity contribution < 1.29 is 9.84 Å². The van der Waals surface area contributed by atoms with E-state index in [1.54, 1.807) is 7.11 Å². The maximum absolute atomic E-state index is 9.31. The zero-order valence-corrected chi connectivity index (χ0v) is 9.96. The summed E-state index contributed by atoms with van der Waals surface area (Å²) in [5, 5.41) is 9.31. The molecule has 1 saturated carbocycles. The molecule has 0 spiro atoms. The van der Waals surface area contributed by atoms with Gasteiger partial charge in [-0.25, -0.2) is 0 Å². The molecule has 3 nitrogen and oxygen atoms in total. The number of aliphatic hydroxyl groups excluding tert-OH is 1. The third-order valence-electron chi connectivity index (χ3n) is 3.99. The van der Waals surface area contributed by atoms with Crippen LogP contribution in [0.25, 0.3) is 0 Å². The number of hydrogen-bond donors (Lipinski definition) is 1. The van der Waals surface area contributed by atoms with Crippen LogP contribution in [0.3, 0.4) is 0 Å². The lowest BCUT2D eigenvalue weighted by molar-refractivity contribution is 0.103. The van der Waals surface area contributed by atoms with Crippen LogP contribution in [0.5, 0.6) is 0 Å². The Morgan fingerprint density at radius 1 is 1.33 bits per heavy atom. The summed E-state index contributed by atoms with van der Waals surface area (Å²) in [5.74, 6) is 0. The van der Waals surface area contributed by atoms with Crippen LogP contribution in [0.1, 0.15) is 26.2 Å². The van der Waals surface area contributed by atoms with Crippen molar-refractivity contribution in [3.8, 4) is 0 Å². The zero-order valence-electron chi connectivity index (χ0n) is 9.96. The van der Waals surface area contributed by atoms with Crippen molar-refractivity contribution in [2.75, 3.05) is 40.0 Å². The first-order valence-corrected chi connectivity index (χ1v) is 5.94. The lowest BCUT2D eigenvalue weighted by atomic mass is 9.91. The standard InChI is InChI=1S/C12H23NO2/c1-11(9-14)5-6-13(7-11)8-12(3-4-12)10-15-2/h14H,3-10H2,1-2H3. The van der Waals surface area contributed by atoms with Crippen LogP contribution in [-0.4, -0.2) is 50.0 Å². The molecule has 2 fully saturated rings. The molecule has 88 valence electrons. The van der Waals surface area contributed by atoms with E-state index in [2.05, 4.69) is 11.8 Å². The highest BCUT2D eigenvalue weighted by Gasteiger charge is 2.46. The van der Waals surface area contributed by atoms with Crippen molar-refractivity contribution in [1.82, 2.24) is 4.90 Å².